The Labute approximate surface area is 196 Å². The molecule has 4 rings (SSSR count). The Balaban J connectivity index is 1.37. The predicted molar refractivity (Wildman–Crippen MR) is 130 cm³/mol. The number of hydrogen-bond donors (Lipinski definition) is 2. The van der Waals surface area contributed by atoms with Crippen molar-refractivity contribution in [3.63, 3.8) is 0 Å². The Hall–Kier alpha value is -2.61. The molecule has 7 nitrogen and oxygen atoms in total. The summed E-state index contributed by atoms with van der Waals surface area (Å²) >= 11 is 0. The van der Waals surface area contributed by atoms with Gasteiger partial charge >= 0.3 is 0 Å². The maximum absolute atomic E-state index is 12.3. The van der Waals surface area contributed by atoms with Crippen molar-refractivity contribution in [1.29, 1.82) is 0 Å². The predicted octanol–water partition coefficient (Wildman–Crippen LogP) is 3.46. The SMILES string of the molecule is CC(CCO)CCNc1nc2c(c(N3CCN(c4ccc(OCCF)cc4)CC3)n1)CCC2. The van der Waals surface area contributed by atoms with Crippen LogP contribution in [0.3, 0.4) is 0 Å². The maximum atomic E-state index is 12.3. The van der Waals surface area contributed by atoms with Gasteiger partial charge in [0.1, 0.15) is 24.8 Å². The van der Waals surface area contributed by atoms with E-state index in [0.29, 0.717) is 11.7 Å². The molecule has 1 atom stereocenters. The molecule has 1 saturated heterocycles. The Morgan fingerprint density at radius 2 is 1.82 bits per heavy atom. The van der Waals surface area contributed by atoms with E-state index in [1.54, 1.807) is 0 Å². The van der Waals surface area contributed by atoms with Crippen LogP contribution >= 0.6 is 0 Å². The summed E-state index contributed by atoms with van der Waals surface area (Å²) in [6.07, 6.45) is 5.04. The van der Waals surface area contributed by atoms with Crippen LogP contribution in [0, 0.1) is 5.92 Å². The molecule has 2 aliphatic rings. The fourth-order valence-electron chi connectivity index (χ4n) is 4.63. The van der Waals surface area contributed by atoms with E-state index in [9.17, 15) is 4.39 Å². The molecule has 2 heterocycles. The number of aryl methyl sites for hydroxylation is 1. The molecule has 180 valence electrons. The second kappa shape index (κ2) is 11.5. The fraction of sp³-hybridized carbons (Fsp3) is 0.600. The van der Waals surface area contributed by atoms with Crippen molar-refractivity contribution < 1.29 is 14.2 Å². The fourth-order valence-corrected chi connectivity index (χ4v) is 4.63. The highest BCUT2D eigenvalue weighted by molar-refractivity contribution is 5.57. The van der Waals surface area contributed by atoms with E-state index < -0.39 is 6.67 Å². The van der Waals surface area contributed by atoms with Crippen molar-refractivity contribution in [2.45, 2.75) is 39.0 Å². The maximum Gasteiger partial charge on any atom is 0.224 e. The van der Waals surface area contributed by atoms with Crippen LogP contribution in [0.15, 0.2) is 24.3 Å². The lowest BCUT2D eigenvalue weighted by Crippen LogP contribution is -2.47. The normalized spacial score (nSPS) is 16.6. The number of nitrogens with zero attached hydrogens (tertiary/aromatic N) is 4. The number of piperazine rings is 1. The molecule has 2 aromatic rings. The highest BCUT2D eigenvalue weighted by atomic mass is 19.1. The molecule has 8 heteroatoms. The molecule has 1 unspecified atom stereocenters. The lowest BCUT2D eigenvalue weighted by atomic mass is 10.1. The summed E-state index contributed by atoms with van der Waals surface area (Å²) in [6, 6.07) is 7.92. The first kappa shape index (κ1) is 23.5. The first-order valence-corrected chi connectivity index (χ1v) is 12.2. The van der Waals surface area contributed by atoms with E-state index in [4.69, 9.17) is 19.8 Å². The van der Waals surface area contributed by atoms with Crippen molar-refractivity contribution in [2.24, 2.45) is 5.92 Å². The first-order valence-electron chi connectivity index (χ1n) is 12.2. The van der Waals surface area contributed by atoms with Gasteiger partial charge in [-0.3, -0.25) is 0 Å². The van der Waals surface area contributed by atoms with Gasteiger partial charge in [0.25, 0.3) is 0 Å². The number of anilines is 3. The molecule has 1 aliphatic heterocycles. The van der Waals surface area contributed by atoms with Crippen molar-refractivity contribution in [3.05, 3.63) is 35.5 Å². The lowest BCUT2D eigenvalue weighted by Gasteiger charge is -2.37. The molecule has 2 N–H and O–H groups in total. The number of fused-ring (bicyclic) bond motifs is 1. The number of nitrogens with one attached hydrogen (secondary N) is 1. The second-order valence-electron chi connectivity index (χ2n) is 8.99. The molecule has 0 amide bonds. The second-order valence-corrected chi connectivity index (χ2v) is 8.99. The van der Waals surface area contributed by atoms with E-state index in [0.717, 1.165) is 82.3 Å². The van der Waals surface area contributed by atoms with Gasteiger partial charge in [0, 0.05) is 50.6 Å². The van der Waals surface area contributed by atoms with Gasteiger partial charge in [-0.25, -0.2) is 9.37 Å². The molecule has 0 radical (unpaired) electrons. The van der Waals surface area contributed by atoms with Gasteiger partial charge in [0.05, 0.1) is 5.69 Å². The molecule has 33 heavy (non-hydrogen) atoms. The van der Waals surface area contributed by atoms with E-state index >= 15 is 0 Å². The van der Waals surface area contributed by atoms with Crippen LogP contribution in [-0.4, -0.2) is 67.7 Å². The summed E-state index contributed by atoms with van der Waals surface area (Å²) in [5.41, 5.74) is 3.67. The van der Waals surface area contributed by atoms with Gasteiger partial charge < -0.3 is 25.0 Å². The zero-order valence-electron chi connectivity index (χ0n) is 19.6. The van der Waals surface area contributed by atoms with Gasteiger partial charge in [-0.05, 0) is 62.3 Å². The molecule has 1 aliphatic carbocycles. The summed E-state index contributed by atoms with van der Waals surface area (Å²) < 4.78 is 17.6. The van der Waals surface area contributed by atoms with Crippen LogP contribution in [0.5, 0.6) is 5.75 Å². The van der Waals surface area contributed by atoms with Crippen LogP contribution in [0.2, 0.25) is 0 Å². The van der Waals surface area contributed by atoms with Gasteiger partial charge in [0.15, 0.2) is 0 Å². The summed E-state index contributed by atoms with van der Waals surface area (Å²) in [6.45, 7) is 6.51. The zero-order chi connectivity index (χ0) is 23.0. The zero-order valence-corrected chi connectivity index (χ0v) is 19.6. The number of aliphatic hydroxyl groups is 1. The van der Waals surface area contributed by atoms with Crippen LogP contribution in [-0.2, 0) is 12.8 Å². The van der Waals surface area contributed by atoms with Crippen molar-refractivity contribution >= 4 is 17.5 Å². The quantitative estimate of drug-likeness (QED) is 0.535. The molecule has 1 aromatic heterocycles. The van der Waals surface area contributed by atoms with E-state index in [1.807, 2.05) is 24.3 Å². The van der Waals surface area contributed by atoms with Crippen LogP contribution < -0.4 is 19.9 Å². The third-order valence-electron chi connectivity index (χ3n) is 6.58. The number of alkyl halides is 1. The number of aliphatic hydroxyl groups excluding tert-OH is 1. The Bertz CT molecular complexity index is 887. The van der Waals surface area contributed by atoms with Gasteiger partial charge in [0.2, 0.25) is 5.95 Å². The van der Waals surface area contributed by atoms with Gasteiger partial charge in [-0.15, -0.1) is 0 Å². The van der Waals surface area contributed by atoms with Crippen LogP contribution in [0.4, 0.5) is 21.8 Å². The minimum Gasteiger partial charge on any atom is -0.491 e. The average molecular weight is 458 g/mol. The molecule has 1 aromatic carbocycles. The molecular weight excluding hydrogens is 421 g/mol. The highest BCUT2D eigenvalue weighted by Gasteiger charge is 2.26. The third kappa shape index (κ3) is 6.05. The number of aromatic nitrogens is 2. The number of benzene rings is 1. The number of rotatable bonds is 11. The molecule has 0 saturated carbocycles. The summed E-state index contributed by atoms with van der Waals surface area (Å²) in [5, 5.41) is 12.5. The van der Waals surface area contributed by atoms with Gasteiger partial charge in [-0.1, -0.05) is 6.92 Å². The van der Waals surface area contributed by atoms with Gasteiger partial charge in [-0.2, -0.15) is 4.98 Å². The standard InChI is InChI=1S/C25H36FN5O2/c1-19(10-17-32)9-12-27-25-28-23-4-2-3-22(23)24(29-25)31-15-13-30(14-16-31)20-5-7-21(8-6-20)33-18-11-26/h5-8,19,32H,2-4,9-18H2,1H3,(H,27,28,29). The Kier molecular flexibility index (Phi) is 8.20. The minimum atomic E-state index is -0.476. The minimum absolute atomic E-state index is 0.0970. The van der Waals surface area contributed by atoms with Crippen molar-refractivity contribution in [3.8, 4) is 5.75 Å². The van der Waals surface area contributed by atoms with Crippen LogP contribution in [0.25, 0.3) is 0 Å². The topological polar surface area (TPSA) is 73.8 Å². The first-order chi connectivity index (χ1) is 16.2. The van der Waals surface area contributed by atoms with E-state index in [-0.39, 0.29) is 13.2 Å². The summed E-state index contributed by atoms with van der Waals surface area (Å²) in [4.78, 5) is 14.5. The number of ether oxygens (including phenoxy) is 1. The van der Waals surface area contributed by atoms with E-state index in [1.165, 1.54) is 11.3 Å². The van der Waals surface area contributed by atoms with Crippen molar-refractivity contribution in [2.75, 3.05) is 67.7 Å². The largest absolute Gasteiger partial charge is 0.491 e. The summed E-state index contributed by atoms with van der Waals surface area (Å²) in [5.74, 6) is 3.01. The lowest BCUT2D eigenvalue weighted by molar-refractivity contribution is 0.260. The smallest absolute Gasteiger partial charge is 0.224 e. The molecule has 0 bridgehead atoms. The van der Waals surface area contributed by atoms with Crippen LogP contribution in [0.1, 0.15) is 37.4 Å². The average Bonchev–Trinajstić information content (AvgIpc) is 3.32. The Morgan fingerprint density at radius 1 is 1.06 bits per heavy atom. The third-order valence-corrected chi connectivity index (χ3v) is 6.58. The molecule has 1 fully saturated rings. The van der Waals surface area contributed by atoms with E-state index in [2.05, 4.69) is 22.0 Å². The summed E-state index contributed by atoms with van der Waals surface area (Å²) in [7, 11) is 0. The number of halogens is 1. The molecule has 0 spiro atoms. The number of hydrogen-bond acceptors (Lipinski definition) is 7. The Morgan fingerprint density at radius 3 is 2.55 bits per heavy atom. The highest BCUT2D eigenvalue weighted by Crippen LogP contribution is 2.31. The van der Waals surface area contributed by atoms with Crippen molar-refractivity contribution in [1.82, 2.24) is 9.97 Å². The molecular formula is C25H36FN5O2. The monoisotopic (exact) mass is 457 g/mol.